The summed E-state index contributed by atoms with van der Waals surface area (Å²) < 4.78 is 18.8. The smallest absolute Gasteiger partial charge is 0.200 e. The summed E-state index contributed by atoms with van der Waals surface area (Å²) in [5, 5.41) is 0. The molecule has 104 valence electrons. The summed E-state index contributed by atoms with van der Waals surface area (Å²) in [7, 11) is 0. The van der Waals surface area contributed by atoms with Crippen molar-refractivity contribution in [2.24, 2.45) is 0 Å². The van der Waals surface area contributed by atoms with Gasteiger partial charge in [0.1, 0.15) is 0 Å². The van der Waals surface area contributed by atoms with Gasteiger partial charge in [-0.1, -0.05) is 29.8 Å². The van der Waals surface area contributed by atoms with E-state index in [1.54, 1.807) is 18.2 Å². The van der Waals surface area contributed by atoms with Crippen molar-refractivity contribution in [1.82, 2.24) is 0 Å². The second-order valence-electron chi connectivity index (χ2n) is 4.96. The number of aryl methyl sites for hydroxylation is 3. The molecule has 2 rings (SSSR count). The minimum absolute atomic E-state index is 0.114. The number of carbonyl (C=O) groups is 1. The lowest BCUT2D eigenvalue weighted by Crippen LogP contribution is -2.13. The first kappa shape index (κ1) is 14.3. The predicted molar refractivity (Wildman–Crippen MR) is 76.9 cm³/mol. The van der Waals surface area contributed by atoms with E-state index in [2.05, 4.69) is 0 Å². The molecule has 2 nitrogen and oxygen atoms in total. The fourth-order valence-corrected chi connectivity index (χ4v) is 2.07. The molecular weight excluding hydrogens is 255 g/mol. The van der Waals surface area contributed by atoms with E-state index in [1.165, 1.54) is 6.07 Å². The number of halogens is 1. The zero-order valence-electron chi connectivity index (χ0n) is 11.9. The van der Waals surface area contributed by atoms with Crippen molar-refractivity contribution >= 4 is 5.78 Å². The molecule has 0 atom stereocenters. The van der Waals surface area contributed by atoms with Crippen LogP contribution in [0.5, 0.6) is 5.75 Å². The van der Waals surface area contributed by atoms with Gasteiger partial charge >= 0.3 is 0 Å². The van der Waals surface area contributed by atoms with E-state index in [9.17, 15) is 9.18 Å². The fourth-order valence-electron chi connectivity index (χ4n) is 2.07. The highest BCUT2D eigenvalue weighted by Gasteiger charge is 2.11. The van der Waals surface area contributed by atoms with Gasteiger partial charge in [-0.05, 0) is 44.0 Å². The Morgan fingerprint density at radius 2 is 1.70 bits per heavy atom. The second-order valence-corrected chi connectivity index (χ2v) is 4.96. The summed E-state index contributed by atoms with van der Waals surface area (Å²) in [5.74, 6) is -0.490. The van der Waals surface area contributed by atoms with Gasteiger partial charge in [0.15, 0.2) is 24.0 Å². The third-order valence-electron chi connectivity index (χ3n) is 3.13. The highest BCUT2D eigenvalue weighted by molar-refractivity contribution is 5.98. The topological polar surface area (TPSA) is 26.3 Å². The molecule has 0 radical (unpaired) electrons. The first-order valence-corrected chi connectivity index (χ1v) is 6.47. The van der Waals surface area contributed by atoms with Crippen LogP contribution in [0.25, 0.3) is 0 Å². The van der Waals surface area contributed by atoms with Crippen LogP contribution < -0.4 is 4.74 Å². The van der Waals surface area contributed by atoms with E-state index in [0.29, 0.717) is 5.56 Å². The summed E-state index contributed by atoms with van der Waals surface area (Å²) in [6.07, 6.45) is 0. The Balaban J connectivity index is 2.10. The molecule has 20 heavy (non-hydrogen) atoms. The van der Waals surface area contributed by atoms with Gasteiger partial charge in [-0.15, -0.1) is 0 Å². The van der Waals surface area contributed by atoms with Gasteiger partial charge in [0, 0.05) is 5.56 Å². The van der Waals surface area contributed by atoms with Crippen LogP contribution in [-0.4, -0.2) is 12.4 Å². The van der Waals surface area contributed by atoms with E-state index in [4.69, 9.17) is 4.74 Å². The van der Waals surface area contributed by atoms with Crippen LogP contribution in [0, 0.1) is 26.6 Å². The summed E-state index contributed by atoms with van der Waals surface area (Å²) in [6.45, 7) is 5.54. The molecular formula is C17H17FO2. The number of rotatable bonds is 4. The third-order valence-corrected chi connectivity index (χ3v) is 3.13. The number of benzene rings is 2. The maximum Gasteiger partial charge on any atom is 0.200 e. The predicted octanol–water partition coefficient (Wildman–Crippen LogP) is 4.01. The summed E-state index contributed by atoms with van der Waals surface area (Å²) in [5.41, 5.74) is 3.51. The van der Waals surface area contributed by atoms with E-state index >= 15 is 0 Å². The first-order chi connectivity index (χ1) is 9.47. The quantitative estimate of drug-likeness (QED) is 0.786. The van der Waals surface area contributed by atoms with Crippen LogP contribution in [0.1, 0.15) is 27.0 Å². The van der Waals surface area contributed by atoms with E-state index < -0.39 is 5.82 Å². The molecule has 0 aliphatic carbocycles. The molecule has 0 N–H and O–H groups in total. The normalized spacial score (nSPS) is 10.4. The minimum Gasteiger partial charge on any atom is -0.482 e. The molecule has 2 aromatic rings. The Morgan fingerprint density at radius 3 is 2.40 bits per heavy atom. The third kappa shape index (κ3) is 3.23. The van der Waals surface area contributed by atoms with E-state index in [0.717, 1.165) is 16.7 Å². The molecule has 2 aromatic carbocycles. The Kier molecular flexibility index (Phi) is 4.18. The SMILES string of the molecule is Cc1ccc(C(=O)COc2cc(C)ccc2F)c(C)c1. The molecule has 0 saturated carbocycles. The zero-order chi connectivity index (χ0) is 14.7. The molecule has 0 spiro atoms. The van der Waals surface area contributed by atoms with Crippen molar-refractivity contribution in [2.75, 3.05) is 6.61 Å². The van der Waals surface area contributed by atoms with Crippen molar-refractivity contribution in [3.05, 3.63) is 64.5 Å². The molecule has 0 amide bonds. The van der Waals surface area contributed by atoms with E-state index in [1.807, 2.05) is 32.9 Å². The number of ketones is 1. The Bertz CT molecular complexity index is 647. The molecule has 0 fully saturated rings. The molecule has 0 bridgehead atoms. The van der Waals surface area contributed by atoms with Crippen LogP contribution >= 0.6 is 0 Å². The molecule has 0 aliphatic heterocycles. The van der Waals surface area contributed by atoms with Gasteiger partial charge in [-0.3, -0.25) is 4.79 Å². The highest BCUT2D eigenvalue weighted by Crippen LogP contribution is 2.19. The second kappa shape index (κ2) is 5.87. The number of hydrogen-bond donors (Lipinski definition) is 0. The van der Waals surface area contributed by atoms with Crippen LogP contribution in [0.2, 0.25) is 0 Å². The summed E-state index contributed by atoms with van der Waals surface area (Å²) >= 11 is 0. The Morgan fingerprint density at radius 1 is 1.05 bits per heavy atom. The standard InChI is InChI=1S/C17H17FO2/c1-11-4-6-14(13(3)8-11)16(19)10-20-17-9-12(2)5-7-15(17)18/h4-9H,10H2,1-3H3. The molecule has 0 aliphatic rings. The monoisotopic (exact) mass is 272 g/mol. The average molecular weight is 272 g/mol. The maximum atomic E-state index is 13.5. The number of Topliss-reactive ketones (excluding diaryl/α,β-unsaturated/α-hetero) is 1. The lowest BCUT2D eigenvalue weighted by Gasteiger charge is -2.09. The molecule has 0 unspecified atom stereocenters. The zero-order valence-corrected chi connectivity index (χ0v) is 11.9. The van der Waals surface area contributed by atoms with Gasteiger partial charge < -0.3 is 4.74 Å². The number of carbonyl (C=O) groups excluding carboxylic acids is 1. The van der Waals surface area contributed by atoms with Crippen molar-refractivity contribution in [1.29, 1.82) is 0 Å². The average Bonchev–Trinajstić information content (AvgIpc) is 2.39. The lowest BCUT2D eigenvalue weighted by molar-refractivity contribution is 0.0918. The van der Waals surface area contributed by atoms with Crippen molar-refractivity contribution < 1.29 is 13.9 Å². The molecule has 0 saturated heterocycles. The van der Waals surface area contributed by atoms with Gasteiger partial charge in [0.25, 0.3) is 0 Å². The Labute approximate surface area is 118 Å². The van der Waals surface area contributed by atoms with Gasteiger partial charge in [0.2, 0.25) is 0 Å². The summed E-state index contributed by atoms with van der Waals surface area (Å²) in [4.78, 5) is 12.1. The number of hydrogen-bond acceptors (Lipinski definition) is 2. The van der Waals surface area contributed by atoms with Gasteiger partial charge in [-0.2, -0.15) is 0 Å². The van der Waals surface area contributed by atoms with Crippen LogP contribution in [0.3, 0.4) is 0 Å². The molecule has 3 heteroatoms. The van der Waals surface area contributed by atoms with Gasteiger partial charge in [-0.25, -0.2) is 4.39 Å². The van der Waals surface area contributed by atoms with Crippen molar-refractivity contribution in [3.63, 3.8) is 0 Å². The maximum absolute atomic E-state index is 13.5. The fraction of sp³-hybridized carbons (Fsp3) is 0.235. The van der Waals surface area contributed by atoms with E-state index in [-0.39, 0.29) is 18.1 Å². The first-order valence-electron chi connectivity index (χ1n) is 6.47. The van der Waals surface area contributed by atoms with Crippen LogP contribution in [-0.2, 0) is 0 Å². The Hall–Kier alpha value is -2.16. The highest BCUT2D eigenvalue weighted by atomic mass is 19.1. The van der Waals surface area contributed by atoms with Crippen LogP contribution in [0.15, 0.2) is 36.4 Å². The lowest BCUT2D eigenvalue weighted by atomic mass is 10.0. The largest absolute Gasteiger partial charge is 0.482 e. The van der Waals surface area contributed by atoms with Crippen molar-refractivity contribution in [2.45, 2.75) is 20.8 Å². The van der Waals surface area contributed by atoms with Gasteiger partial charge in [0.05, 0.1) is 0 Å². The van der Waals surface area contributed by atoms with Crippen molar-refractivity contribution in [3.8, 4) is 5.75 Å². The summed E-state index contributed by atoms with van der Waals surface area (Å²) in [6, 6.07) is 10.2. The number of ether oxygens (including phenoxy) is 1. The molecule has 0 heterocycles. The van der Waals surface area contributed by atoms with Crippen LogP contribution in [0.4, 0.5) is 4.39 Å². The minimum atomic E-state index is -0.455. The molecule has 0 aromatic heterocycles.